The smallest absolute Gasteiger partial charge is 0.143 e. The Kier molecular flexibility index (Phi) is 3.68. The molecule has 16 heavy (non-hydrogen) atoms. The van der Waals surface area contributed by atoms with Gasteiger partial charge < -0.3 is 5.32 Å². The van der Waals surface area contributed by atoms with Crippen molar-refractivity contribution in [3.63, 3.8) is 0 Å². The molecule has 3 atom stereocenters. The van der Waals surface area contributed by atoms with Crippen molar-refractivity contribution in [2.24, 2.45) is 17.3 Å². The zero-order chi connectivity index (χ0) is 11.6. The van der Waals surface area contributed by atoms with Crippen LogP contribution >= 0.6 is 0 Å². The zero-order valence-corrected chi connectivity index (χ0v) is 10.7. The number of Topliss-reactive ketones (excluding diaryl/α,β-unsaturated/α-hetero) is 1. The lowest BCUT2D eigenvalue weighted by Crippen LogP contribution is -2.37. The van der Waals surface area contributed by atoms with Crippen molar-refractivity contribution in [1.82, 2.24) is 5.32 Å². The summed E-state index contributed by atoms with van der Waals surface area (Å²) in [5.74, 6) is 1.72. The molecule has 0 amide bonds. The largest absolute Gasteiger partial charge is 0.316 e. The van der Waals surface area contributed by atoms with Crippen LogP contribution in [-0.4, -0.2) is 18.9 Å². The minimum Gasteiger partial charge on any atom is -0.316 e. The maximum absolute atomic E-state index is 12.5. The van der Waals surface area contributed by atoms with Crippen molar-refractivity contribution in [2.75, 3.05) is 13.1 Å². The van der Waals surface area contributed by atoms with E-state index in [-0.39, 0.29) is 5.41 Å². The summed E-state index contributed by atoms with van der Waals surface area (Å²) in [6.45, 7) is 6.34. The fraction of sp³-hybridized carbons (Fsp3) is 0.929. The number of carbonyl (C=O) groups is 1. The molecule has 3 unspecified atom stereocenters. The van der Waals surface area contributed by atoms with Crippen LogP contribution < -0.4 is 5.32 Å². The van der Waals surface area contributed by atoms with Gasteiger partial charge >= 0.3 is 0 Å². The third kappa shape index (κ3) is 2.32. The molecular weight excluding hydrogens is 198 g/mol. The van der Waals surface area contributed by atoms with Gasteiger partial charge in [0.15, 0.2) is 0 Å². The molecule has 1 saturated heterocycles. The van der Waals surface area contributed by atoms with Crippen LogP contribution in [0, 0.1) is 17.3 Å². The Morgan fingerprint density at radius 3 is 2.88 bits per heavy atom. The lowest BCUT2D eigenvalue weighted by molar-refractivity contribution is -0.132. The van der Waals surface area contributed by atoms with E-state index in [1.54, 1.807) is 0 Å². The molecule has 92 valence electrons. The average molecular weight is 223 g/mol. The monoisotopic (exact) mass is 223 g/mol. The van der Waals surface area contributed by atoms with E-state index in [1.807, 2.05) is 0 Å². The van der Waals surface area contributed by atoms with Crippen LogP contribution in [0.1, 0.15) is 52.4 Å². The number of hydrogen-bond acceptors (Lipinski definition) is 2. The number of hydrogen-bond donors (Lipinski definition) is 1. The van der Waals surface area contributed by atoms with E-state index in [2.05, 4.69) is 19.2 Å². The van der Waals surface area contributed by atoms with E-state index in [0.717, 1.165) is 38.3 Å². The normalized spacial score (nSPS) is 39.9. The third-order valence-electron chi connectivity index (χ3n) is 4.69. The molecule has 0 spiro atoms. The molecule has 2 heteroatoms. The first kappa shape index (κ1) is 12.1. The number of nitrogens with one attached hydrogen (secondary N) is 1. The van der Waals surface area contributed by atoms with E-state index < -0.39 is 0 Å². The zero-order valence-electron chi connectivity index (χ0n) is 10.7. The predicted octanol–water partition coefficient (Wildman–Crippen LogP) is 2.77. The highest BCUT2D eigenvalue weighted by Crippen LogP contribution is 2.37. The van der Waals surface area contributed by atoms with Gasteiger partial charge in [-0.2, -0.15) is 0 Å². The molecule has 2 rings (SSSR count). The first-order chi connectivity index (χ1) is 7.65. The fourth-order valence-electron chi connectivity index (χ4n) is 3.42. The summed E-state index contributed by atoms with van der Waals surface area (Å²) < 4.78 is 0. The van der Waals surface area contributed by atoms with Crippen LogP contribution in [0.4, 0.5) is 0 Å². The highest BCUT2D eigenvalue weighted by molar-refractivity contribution is 5.87. The summed E-state index contributed by atoms with van der Waals surface area (Å²) >= 11 is 0. The molecule has 1 saturated carbocycles. The van der Waals surface area contributed by atoms with E-state index in [0.29, 0.717) is 11.7 Å². The summed E-state index contributed by atoms with van der Waals surface area (Å²) in [6.07, 6.45) is 7.20. The first-order valence-electron chi connectivity index (χ1n) is 6.91. The van der Waals surface area contributed by atoms with Gasteiger partial charge in [-0.3, -0.25) is 4.79 Å². The minimum atomic E-state index is -0.0553. The van der Waals surface area contributed by atoms with Crippen LogP contribution in [0.2, 0.25) is 0 Å². The first-order valence-corrected chi connectivity index (χ1v) is 6.91. The second-order valence-electron chi connectivity index (χ2n) is 5.99. The lowest BCUT2D eigenvalue weighted by atomic mass is 9.71. The predicted molar refractivity (Wildman–Crippen MR) is 66.3 cm³/mol. The van der Waals surface area contributed by atoms with E-state index in [1.165, 1.54) is 19.3 Å². The molecule has 2 fully saturated rings. The van der Waals surface area contributed by atoms with Gasteiger partial charge in [0.25, 0.3) is 0 Å². The van der Waals surface area contributed by atoms with Crippen molar-refractivity contribution >= 4 is 5.78 Å². The molecule has 1 aliphatic heterocycles. The highest BCUT2D eigenvalue weighted by atomic mass is 16.1. The van der Waals surface area contributed by atoms with Crippen molar-refractivity contribution < 1.29 is 4.79 Å². The van der Waals surface area contributed by atoms with Crippen molar-refractivity contribution in [1.29, 1.82) is 0 Å². The van der Waals surface area contributed by atoms with Gasteiger partial charge in [-0.1, -0.05) is 33.1 Å². The van der Waals surface area contributed by atoms with Crippen molar-refractivity contribution in [3.8, 4) is 0 Å². The van der Waals surface area contributed by atoms with Gasteiger partial charge in [0.05, 0.1) is 0 Å². The molecule has 0 aromatic heterocycles. The third-order valence-corrected chi connectivity index (χ3v) is 4.69. The van der Waals surface area contributed by atoms with Gasteiger partial charge in [0.2, 0.25) is 0 Å². The van der Waals surface area contributed by atoms with Crippen LogP contribution in [0.3, 0.4) is 0 Å². The van der Waals surface area contributed by atoms with E-state index >= 15 is 0 Å². The van der Waals surface area contributed by atoms with Gasteiger partial charge in [-0.15, -0.1) is 0 Å². The molecule has 0 aromatic rings. The average Bonchev–Trinajstić information content (AvgIpc) is 2.76. The Morgan fingerprint density at radius 1 is 1.44 bits per heavy atom. The lowest BCUT2D eigenvalue weighted by Gasteiger charge is -2.33. The van der Waals surface area contributed by atoms with Crippen LogP contribution in [0.15, 0.2) is 0 Å². The molecule has 1 heterocycles. The molecule has 0 bridgehead atoms. The van der Waals surface area contributed by atoms with E-state index in [4.69, 9.17) is 0 Å². The maximum Gasteiger partial charge on any atom is 0.143 e. The highest BCUT2D eigenvalue weighted by Gasteiger charge is 2.40. The number of carbonyl (C=O) groups excluding carboxylic acids is 1. The second-order valence-corrected chi connectivity index (χ2v) is 5.99. The summed E-state index contributed by atoms with van der Waals surface area (Å²) in [4.78, 5) is 12.5. The topological polar surface area (TPSA) is 29.1 Å². The molecule has 1 N–H and O–H groups in total. The Hall–Kier alpha value is -0.370. The van der Waals surface area contributed by atoms with Crippen LogP contribution in [-0.2, 0) is 4.79 Å². The molecule has 1 aliphatic carbocycles. The van der Waals surface area contributed by atoms with Gasteiger partial charge in [0, 0.05) is 17.9 Å². The summed E-state index contributed by atoms with van der Waals surface area (Å²) in [7, 11) is 0. The number of ketones is 1. The van der Waals surface area contributed by atoms with E-state index in [9.17, 15) is 4.79 Å². The van der Waals surface area contributed by atoms with Crippen molar-refractivity contribution in [2.45, 2.75) is 52.4 Å². The Bertz CT molecular complexity index is 255. The molecule has 2 aliphatic rings. The van der Waals surface area contributed by atoms with Gasteiger partial charge in [-0.05, 0) is 31.7 Å². The van der Waals surface area contributed by atoms with Crippen LogP contribution in [0.5, 0.6) is 0 Å². The summed E-state index contributed by atoms with van der Waals surface area (Å²) in [6, 6.07) is 0. The van der Waals surface area contributed by atoms with Crippen LogP contribution in [0.25, 0.3) is 0 Å². The molecule has 2 nitrogen and oxygen atoms in total. The Labute approximate surface area is 99.2 Å². The van der Waals surface area contributed by atoms with Gasteiger partial charge in [0.1, 0.15) is 5.78 Å². The maximum atomic E-state index is 12.5. The molecule has 0 aromatic carbocycles. The standard InChI is InChI=1S/C14H25NO/c1-3-11-5-4-6-12(9-11)13(16)14(2)7-8-15-10-14/h11-12,15H,3-10H2,1-2H3. The van der Waals surface area contributed by atoms with Crippen molar-refractivity contribution in [3.05, 3.63) is 0 Å². The second kappa shape index (κ2) is 4.87. The molecular formula is C14H25NO. The quantitative estimate of drug-likeness (QED) is 0.797. The Balaban J connectivity index is 1.98. The number of rotatable bonds is 3. The fourth-order valence-corrected chi connectivity index (χ4v) is 3.42. The SMILES string of the molecule is CCC1CCCC(C(=O)C2(C)CCNC2)C1. The van der Waals surface area contributed by atoms with Gasteiger partial charge in [-0.25, -0.2) is 0 Å². The minimum absolute atomic E-state index is 0.0553. The summed E-state index contributed by atoms with van der Waals surface area (Å²) in [5.41, 5.74) is -0.0553. The summed E-state index contributed by atoms with van der Waals surface area (Å²) in [5, 5.41) is 3.34. The Morgan fingerprint density at radius 2 is 2.25 bits per heavy atom. The molecule has 0 radical (unpaired) electrons.